The molecule has 0 saturated carbocycles. The minimum atomic E-state index is 0.664. The summed E-state index contributed by atoms with van der Waals surface area (Å²) >= 11 is 3.52. The Balaban J connectivity index is 2.09. The van der Waals surface area contributed by atoms with Crippen molar-refractivity contribution in [1.82, 2.24) is 14.9 Å². The van der Waals surface area contributed by atoms with Gasteiger partial charge in [-0.05, 0) is 37.1 Å². The van der Waals surface area contributed by atoms with Crippen LogP contribution >= 0.6 is 15.9 Å². The van der Waals surface area contributed by atoms with Crippen molar-refractivity contribution in [2.24, 2.45) is 5.92 Å². The number of rotatable bonds is 6. The molecule has 0 aliphatic heterocycles. The van der Waals surface area contributed by atoms with E-state index in [0.717, 1.165) is 29.9 Å². The smallest absolute Gasteiger partial charge is 0.106 e. The third-order valence-corrected chi connectivity index (χ3v) is 3.72. The van der Waals surface area contributed by atoms with E-state index in [-0.39, 0.29) is 0 Å². The van der Waals surface area contributed by atoms with Gasteiger partial charge in [0.05, 0.1) is 5.69 Å². The van der Waals surface area contributed by atoms with Crippen LogP contribution in [-0.4, -0.2) is 16.1 Å². The molecule has 0 bridgehead atoms. The van der Waals surface area contributed by atoms with Crippen LogP contribution in [0.4, 0.5) is 0 Å². The van der Waals surface area contributed by atoms with Crippen molar-refractivity contribution < 1.29 is 0 Å². The van der Waals surface area contributed by atoms with E-state index in [1.54, 1.807) is 0 Å². The van der Waals surface area contributed by atoms with Gasteiger partial charge in [0.1, 0.15) is 5.82 Å². The molecule has 1 N–H and O–H groups in total. The monoisotopic (exact) mass is 335 g/mol. The molecule has 0 radical (unpaired) electrons. The fraction of sp³-hybridized carbons (Fsp3) is 0.438. The highest BCUT2D eigenvalue weighted by molar-refractivity contribution is 9.10. The zero-order chi connectivity index (χ0) is 14.5. The summed E-state index contributed by atoms with van der Waals surface area (Å²) in [6, 6.07) is 8.43. The van der Waals surface area contributed by atoms with Crippen molar-refractivity contribution in [1.29, 1.82) is 0 Å². The first-order valence-electron chi connectivity index (χ1n) is 7.02. The van der Waals surface area contributed by atoms with Crippen LogP contribution < -0.4 is 5.32 Å². The molecule has 20 heavy (non-hydrogen) atoms. The van der Waals surface area contributed by atoms with Crippen LogP contribution in [0.15, 0.2) is 34.9 Å². The predicted molar refractivity (Wildman–Crippen MR) is 86.8 cm³/mol. The molecule has 0 amide bonds. The summed E-state index contributed by atoms with van der Waals surface area (Å²) in [6.07, 6.45) is 1.97. The average molecular weight is 336 g/mol. The van der Waals surface area contributed by atoms with Crippen LogP contribution in [0.5, 0.6) is 0 Å². The average Bonchev–Trinajstić information content (AvgIpc) is 2.71. The summed E-state index contributed by atoms with van der Waals surface area (Å²) in [5.74, 6) is 1.73. The van der Waals surface area contributed by atoms with E-state index < -0.39 is 0 Å². The van der Waals surface area contributed by atoms with Crippen LogP contribution in [0.25, 0.3) is 0 Å². The van der Waals surface area contributed by atoms with Gasteiger partial charge in [-0.3, -0.25) is 0 Å². The number of halogens is 1. The Bertz CT molecular complexity index is 561. The topological polar surface area (TPSA) is 29.9 Å². The zero-order valence-electron chi connectivity index (χ0n) is 12.4. The maximum Gasteiger partial charge on any atom is 0.106 e. The van der Waals surface area contributed by atoms with E-state index in [1.165, 1.54) is 11.3 Å². The molecule has 2 rings (SSSR count). The molecule has 0 spiro atoms. The Morgan fingerprint density at radius 3 is 2.85 bits per heavy atom. The van der Waals surface area contributed by atoms with E-state index in [9.17, 15) is 0 Å². The summed E-state index contributed by atoms with van der Waals surface area (Å²) in [5.41, 5.74) is 2.52. The molecule has 0 aliphatic carbocycles. The van der Waals surface area contributed by atoms with Gasteiger partial charge < -0.3 is 9.88 Å². The maximum atomic E-state index is 4.44. The molecule has 108 valence electrons. The van der Waals surface area contributed by atoms with Crippen molar-refractivity contribution in [2.75, 3.05) is 6.54 Å². The largest absolute Gasteiger partial charge is 0.327 e. The number of nitrogens with one attached hydrogen (secondary N) is 1. The molecule has 0 aliphatic rings. The highest BCUT2D eigenvalue weighted by atomic mass is 79.9. The molecule has 0 fully saturated rings. The van der Waals surface area contributed by atoms with Crippen LogP contribution in [0, 0.1) is 12.8 Å². The van der Waals surface area contributed by atoms with Gasteiger partial charge in [0.15, 0.2) is 0 Å². The Labute approximate surface area is 129 Å². The molecule has 3 nitrogen and oxygen atoms in total. The second-order valence-corrected chi connectivity index (χ2v) is 6.45. The number of aryl methyl sites for hydroxylation is 1. The van der Waals surface area contributed by atoms with E-state index in [2.05, 4.69) is 75.8 Å². The van der Waals surface area contributed by atoms with Gasteiger partial charge in [0, 0.05) is 23.8 Å². The lowest BCUT2D eigenvalue weighted by atomic mass is 10.2. The minimum Gasteiger partial charge on any atom is -0.327 e. The second kappa shape index (κ2) is 7.04. The number of benzene rings is 1. The first-order valence-corrected chi connectivity index (χ1v) is 7.81. The van der Waals surface area contributed by atoms with Gasteiger partial charge in [-0.1, -0.05) is 41.9 Å². The number of nitrogens with zero attached hydrogens (tertiary/aromatic N) is 2. The van der Waals surface area contributed by atoms with Crippen molar-refractivity contribution in [2.45, 2.75) is 33.9 Å². The maximum absolute atomic E-state index is 4.44. The number of imidazole rings is 1. The number of aromatic nitrogens is 2. The van der Waals surface area contributed by atoms with Gasteiger partial charge in [-0.2, -0.15) is 0 Å². The molecule has 1 aromatic heterocycles. The standard InChI is InChI=1S/C16H22BrN3/c1-12(2)8-18-9-16-10-19-13(3)20(16)11-14-5-4-6-15(17)7-14/h4-7,10,12,18H,8-9,11H2,1-3H3. The van der Waals surface area contributed by atoms with E-state index in [0.29, 0.717) is 5.92 Å². The van der Waals surface area contributed by atoms with Crippen LogP contribution in [0.2, 0.25) is 0 Å². The molecule has 0 atom stereocenters. The molecule has 0 unspecified atom stereocenters. The lowest BCUT2D eigenvalue weighted by Crippen LogP contribution is -2.21. The lowest BCUT2D eigenvalue weighted by Gasteiger charge is -2.12. The molecule has 0 saturated heterocycles. The Hall–Kier alpha value is -1.13. The summed E-state index contributed by atoms with van der Waals surface area (Å²) < 4.78 is 3.39. The predicted octanol–water partition coefficient (Wildman–Crippen LogP) is 3.75. The summed E-state index contributed by atoms with van der Waals surface area (Å²) in [7, 11) is 0. The van der Waals surface area contributed by atoms with Gasteiger partial charge in [0.25, 0.3) is 0 Å². The van der Waals surface area contributed by atoms with Crippen LogP contribution in [0.3, 0.4) is 0 Å². The first-order chi connectivity index (χ1) is 9.56. The van der Waals surface area contributed by atoms with Crippen LogP contribution in [-0.2, 0) is 13.1 Å². The van der Waals surface area contributed by atoms with E-state index in [1.807, 2.05) is 6.20 Å². The fourth-order valence-electron chi connectivity index (χ4n) is 2.18. The summed E-state index contributed by atoms with van der Waals surface area (Å²) in [5, 5.41) is 3.48. The van der Waals surface area contributed by atoms with Crippen molar-refractivity contribution >= 4 is 15.9 Å². The number of hydrogen-bond donors (Lipinski definition) is 1. The summed E-state index contributed by atoms with van der Waals surface area (Å²) in [4.78, 5) is 4.44. The van der Waals surface area contributed by atoms with Gasteiger partial charge in [0.2, 0.25) is 0 Å². The molecular formula is C16H22BrN3. The third-order valence-electron chi connectivity index (χ3n) is 3.23. The minimum absolute atomic E-state index is 0.664. The second-order valence-electron chi connectivity index (χ2n) is 5.54. The molecule has 4 heteroatoms. The Kier molecular flexibility index (Phi) is 5.38. The highest BCUT2D eigenvalue weighted by Crippen LogP contribution is 2.15. The quantitative estimate of drug-likeness (QED) is 0.871. The van der Waals surface area contributed by atoms with Crippen molar-refractivity contribution in [3.8, 4) is 0 Å². The Morgan fingerprint density at radius 2 is 2.15 bits per heavy atom. The van der Waals surface area contributed by atoms with Crippen molar-refractivity contribution in [3.63, 3.8) is 0 Å². The van der Waals surface area contributed by atoms with Crippen molar-refractivity contribution in [3.05, 3.63) is 52.0 Å². The normalized spacial score (nSPS) is 11.2. The lowest BCUT2D eigenvalue weighted by molar-refractivity contribution is 0.537. The zero-order valence-corrected chi connectivity index (χ0v) is 13.9. The molecule has 1 aromatic carbocycles. The van der Waals surface area contributed by atoms with E-state index >= 15 is 0 Å². The van der Waals surface area contributed by atoms with Crippen LogP contribution in [0.1, 0.15) is 30.9 Å². The Morgan fingerprint density at radius 1 is 1.35 bits per heavy atom. The van der Waals surface area contributed by atoms with E-state index in [4.69, 9.17) is 0 Å². The third kappa shape index (κ3) is 4.18. The first kappa shape index (κ1) is 15.3. The molecule has 1 heterocycles. The van der Waals surface area contributed by atoms with Gasteiger partial charge in [-0.25, -0.2) is 4.98 Å². The summed E-state index contributed by atoms with van der Waals surface area (Å²) in [6.45, 7) is 9.26. The molecule has 2 aromatic rings. The SMILES string of the molecule is Cc1ncc(CNCC(C)C)n1Cc1cccc(Br)c1. The van der Waals surface area contributed by atoms with Gasteiger partial charge >= 0.3 is 0 Å². The highest BCUT2D eigenvalue weighted by Gasteiger charge is 2.07. The number of hydrogen-bond acceptors (Lipinski definition) is 2. The fourth-order valence-corrected chi connectivity index (χ4v) is 2.63. The molecular weight excluding hydrogens is 314 g/mol. The van der Waals surface area contributed by atoms with Gasteiger partial charge in [-0.15, -0.1) is 0 Å².